The van der Waals surface area contributed by atoms with Crippen molar-refractivity contribution in [2.45, 2.75) is 12.5 Å². The summed E-state index contributed by atoms with van der Waals surface area (Å²) in [4.78, 5) is 0. The van der Waals surface area contributed by atoms with Crippen molar-refractivity contribution in [2.75, 3.05) is 12.8 Å². The predicted molar refractivity (Wildman–Crippen MR) is 69.2 cm³/mol. The lowest BCUT2D eigenvalue weighted by Gasteiger charge is -2.12. The first-order valence-corrected chi connectivity index (χ1v) is 5.81. The third-order valence-electron chi connectivity index (χ3n) is 3.05. The summed E-state index contributed by atoms with van der Waals surface area (Å²) in [5.41, 5.74) is 6.63. The number of nitrogen functional groups attached to an aromatic ring is 1. The highest BCUT2D eigenvalue weighted by atomic mass is 19.1. The molecule has 0 radical (unpaired) electrons. The summed E-state index contributed by atoms with van der Waals surface area (Å²) in [6.07, 6.45) is 0.687. The number of hydrogen-bond donors (Lipinski definition) is 2. The molecule has 6 heteroatoms. The number of aliphatic hydroxyl groups excluding tert-OH is 1. The van der Waals surface area contributed by atoms with Crippen LogP contribution in [0.4, 0.5) is 10.2 Å². The Morgan fingerprint density at radius 1 is 1.53 bits per heavy atom. The first kappa shape index (κ1) is 13.4. The number of aryl methyl sites for hydroxylation is 1. The molecule has 2 aromatic rings. The SMILES string of the molecule is COc1cccc(CC(O)c2cnn(C)c2N)c1F. The molecule has 0 bridgehead atoms. The maximum absolute atomic E-state index is 14.0. The van der Waals surface area contributed by atoms with Crippen LogP contribution in [0.25, 0.3) is 0 Å². The van der Waals surface area contributed by atoms with E-state index in [2.05, 4.69) is 5.10 Å². The Labute approximate surface area is 110 Å². The van der Waals surface area contributed by atoms with E-state index in [-0.39, 0.29) is 12.2 Å². The van der Waals surface area contributed by atoms with Crippen LogP contribution < -0.4 is 10.5 Å². The lowest BCUT2D eigenvalue weighted by Crippen LogP contribution is -2.07. The first-order chi connectivity index (χ1) is 9.04. The Morgan fingerprint density at radius 3 is 2.84 bits per heavy atom. The number of benzene rings is 1. The van der Waals surface area contributed by atoms with Crippen LogP contribution in [-0.2, 0) is 13.5 Å². The van der Waals surface area contributed by atoms with Gasteiger partial charge in [0.2, 0.25) is 0 Å². The lowest BCUT2D eigenvalue weighted by atomic mass is 10.0. The number of halogens is 1. The molecule has 0 fully saturated rings. The van der Waals surface area contributed by atoms with E-state index >= 15 is 0 Å². The molecule has 2 rings (SSSR count). The van der Waals surface area contributed by atoms with Gasteiger partial charge in [-0.25, -0.2) is 4.39 Å². The molecule has 0 aliphatic carbocycles. The van der Waals surface area contributed by atoms with Gasteiger partial charge in [-0.2, -0.15) is 5.10 Å². The highest BCUT2D eigenvalue weighted by Gasteiger charge is 2.18. The second-order valence-electron chi connectivity index (χ2n) is 4.26. The summed E-state index contributed by atoms with van der Waals surface area (Å²) in [7, 11) is 3.08. The number of nitrogens with zero attached hydrogens (tertiary/aromatic N) is 2. The van der Waals surface area contributed by atoms with E-state index in [1.165, 1.54) is 24.1 Å². The van der Waals surface area contributed by atoms with Gasteiger partial charge in [0.25, 0.3) is 0 Å². The standard InChI is InChI=1S/C13H16FN3O2/c1-17-13(15)9(7-16-17)10(18)6-8-4-3-5-11(19-2)12(8)14/h3-5,7,10,18H,6,15H2,1-2H3. The van der Waals surface area contributed by atoms with Crippen molar-refractivity contribution in [1.82, 2.24) is 9.78 Å². The molecular formula is C13H16FN3O2. The highest BCUT2D eigenvalue weighted by Crippen LogP contribution is 2.27. The maximum atomic E-state index is 14.0. The number of aliphatic hydroxyl groups is 1. The van der Waals surface area contributed by atoms with Crippen LogP contribution in [0, 0.1) is 5.82 Å². The number of aromatic nitrogens is 2. The van der Waals surface area contributed by atoms with E-state index in [9.17, 15) is 9.50 Å². The molecule has 1 unspecified atom stereocenters. The summed E-state index contributed by atoms with van der Waals surface area (Å²) in [6, 6.07) is 4.81. The van der Waals surface area contributed by atoms with Crippen molar-refractivity contribution in [3.8, 4) is 5.75 Å². The zero-order chi connectivity index (χ0) is 14.0. The minimum Gasteiger partial charge on any atom is -0.494 e. The zero-order valence-corrected chi connectivity index (χ0v) is 10.8. The van der Waals surface area contributed by atoms with Gasteiger partial charge < -0.3 is 15.6 Å². The van der Waals surface area contributed by atoms with Gasteiger partial charge in [-0.15, -0.1) is 0 Å². The second kappa shape index (κ2) is 5.27. The molecule has 102 valence electrons. The fourth-order valence-electron chi connectivity index (χ4n) is 1.91. The molecule has 0 amide bonds. The van der Waals surface area contributed by atoms with Gasteiger partial charge in [0.15, 0.2) is 11.6 Å². The summed E-state index contributed by atoms with van der Waals surface area (Å²) in [6.45, 7) is 0. The number of hydrogen-bond acceptors (Lipinski definition) is 4. The van der Waals surface area contributed by atoms with Crippen molar-refractivity contribution in [3.05, 3.63) is 41.3 Å². The molecule has 1 aromatic carbocycles. The van der Waals surface area contributed by atoms with Crippen molar-refractivity contribution in [1.29, 1.82) is 0 Å². The van der Waals surface area contributed by atoms with E-state index in [0.717, 1.165) is 0 Å². The Morgan fingerprint density at radius 2 is 2.26 bits per heavy atom. The third-order valence-corrected chi connectivity index (χ3v) is 3.05. The van der Waals surface area contributed by atoms with Crippen molar-refractivity contribution in [2.24, 2.45) is 7.05 Å². The maximum Gasteiger partial charge on any atom is 0.168 e. The summed E-state index contributed by atoms with van der Waals surface area (Å²) < 4.78 is 20.3. The third kappa shape index (κ3) is 2.53. The molecule has 0 saturated heterocycles. The van der Waals surface area contributed by atoms with Crippen LogP contribution in [0.1, 0.15) is 17.2 Å². The Balaban J connectivity index is 2.24. The number of rotatable bonds is 4. The largest absolute Gasteiger partial charge is 0.494 e. The molecule has 0 aliphatic rings. The number of nitrogens with two attached hydrogens (primary N) is 1. The van der Waals surface area contributed by atoms with E-state index in [1.807, 2.05) is 0 Å². The van der Waals surface area contributed by atoms with Gasteiger partial charge in [-0.05, 0) is 11.6 Å². The van der Waals surface area contributed by atoms with Gasteiger partial charge in [-0.1, -0.05) is 12.1 Å². The van der Waals surface area contributed by atoms with Gasteiger partial charge >= 0.3 is 0 Å². The fourth-order valence-corrected chi connectivity index (χ4v) is 1.91. The Kier molecular flexibility index (Phi) is 3.71. The van der Waals surface area contributed by atoms with Gasteiger partial charge in [-0.3, -0.25) is 4.68 Å². The summed E-state index contributed by atoms with van der Waals surface area (Å²) >= 11 is 0. The van der Waals surface area contributed by atoms with Crippen LogP contribution in [0.2, 0.25) is 0 Å². The molecule has 0 spiro atoms. The Bertz CT molecular complexity index is 583. The molecule has 5 nitrogen and oxygen atoms in total. The minimum absolute atomic E-state index is 0.110. The number of ether oxygens (including phenoxy) is 1. The summed E-state index contributed by atoms with van der Waals surface area (Å²) in [5.74, 6) is 0.0613. The Hall–Kier alpha value is -2.08. The molecule has 1 aromatic heterocycles. The first-order valence-electron chi connectivity index (χ1n) is 5.81. The topological polar surface area (TPSA) is 73.3 Å². The molecule has 3 N–H and O–H groups in total. The molecule has 19 heavy (non-hydrogen) atoms. The average Bonchev–Trinajstić information content (AvgIpc) is 2.72. The van der Waals surface area contributed by atoms with Gasteiger partial charge in [0.1, 0.15) is 5.82 Å². The molecule has 0 saturated carbocycles. The molecule has 1 heterocycles. The second-order valence-corrected chi connectivity index (χ2v) is 4.26. The highest BCUT2D eigenvalue weighted by molar-refractivity contribution is 5.41. The molecule has 1 atom stereocenters. The van der Waals surface area contributed by atoms with Crippen molar-refractivity contribution in [3.63, 3.8) is 0 Å². The molecule has 0 aliphatic heterocycles. The normalized spacial score (nSPS) is 12.4. The predicted octanol–water partition coefficient (Wildman–Crippen LogP) is 1.43. The van der Waals surface area contributed by atoms with Crippen LogP contribution >= 0.6 is 0 Å². The monoisotopic (exact) mass is 265 g/mol. The van der Waals surface area contributed by atoms with Crippen LogP contribution in [0.3, 0.4) is 0 Å². The van der Waals surface area contributed by atoms with Crippen LogP contribution in [-0.4, -0.2) is 22.0 Å². The summed E-state index contributed by atoms with van der Waals surface area (Å²) in [5, 5.41) is 14.1. The average molecular weight is 265 g/mol. The van der Waals surface area contributed by atoms with E-state index in [1.54, 1.807) is 19.2 Å². The van der Waals surface area contributed by atoms with Gasteiger partial charge in [0, 0.05) is 19.0 Å². The zero-order valence-electron chi connectivity index (χ0n) is 10.8. The minimum atomic E-state index is -0.907. The number of methoxy groups -OCH3 is 1. The smallest absolute Gasteiger partial charge is 0.168 e. The van der Waals surface area contributed by atoms with Crippen LogP contribution in [0.15, 0.2) is 24.4 Å². The molecular weight excluding hydrogens is 249 g/mol. The van der Waals surface area contributed by atoms with E-state index in [0.29, 0.717) is 16.9 Å². The quantitative estimate of drug-likeness (QED) is 0.877. The van der Waals surface area contributed by atoms with Gasteiger partial charge in [0.05, 0.1) is 19.4 Å². The van der Waals surface area contributed by atoms with Crippen LogP contribution in [0.5, 0.6) is 5.75 Å². The fraction of sp³-hybridized carbons (Fsp3) is 0.308. The lowest BCUT2D eigenvalue weighted by molar-refractivity contribution is 0.177. The van der Waals surface area contributed by atoms with E-state index < -0.39 is 11.9 Å². The van der Waals surface area contributed by atoms with Crippen molar-refractivity contribution < 1.29 is 14.2 Å². The van der Waals surface area contributed by atoms with Crippen molar-refractivity contribution >= 4 is 5.82 Å². The number of anilines is 1. The van der Waals surface area contributed by atoms with E-state index in [4.69, 9.17) is 10.5 Å².